The van der Waals surface area contributed by atoms with Crippen molar-refractivity contribution in [2.75, 3.05) is 0 Å². The third-order valence-electron chi connectivity index (χ3n) is 3.44. The van der Waals surface area contributed by atoms with Crippen molar-refractivity contribution in [1.82, 2.24) is 0 Å². The third-order valence-corrected chi connectivity index (χ3v) is 3.69. The molecule has 19 heavy (non-hydrogen) atoms. The largest absolute Gasteiger partial charge is 0.198 e. The lowest BCUT2D eigenvalue weighted by Gasteiger charge is -2.21. The molecule has 2 aromatic carbocycles. The van der Waals surface area contributed by atoms with Crippen LogP contribution < -0.4 is 0 Å². The molecule has 0 radical (unpaired) electrons. The molecule has 2 heteroatoms. The van der Waals surface area contributed by atoms with Gasteiger partial charge in [0.05, 0.1) is 12.0 Å². The molecule has 0 aliphatic heterocycles. The van der Waals surface area contributed by atoms with Gasteiger partial charge in [-0.2, -0.15) is 5.26 Å². The Morgan fingerprint density at radius 2 is 1.63 bits per heavy atom. The maximum absolute atomic E-state index is 9.52. The second kappa shape index (κ2) is 6.41. The van der Waals surface area contributed by atoms with Crippen LogP contribution in [-0.4, -0.2) is 0 Å². The second-order valence-corrected chi connectivity index (χ2v) is 5.02. The van der Waals surface area contributed by atoms with E-state index in [0.29, 0.717) is 0 Å². The molecule has 0 aliphatic carbocycles. The van der Waals surface area contributed by atoms with Gasteiger partial charge in [0.15, 0.2) is 0 Å². The summed E-state index contributed by atoms with van der Waals surface area (Å²) in [5.41, 5.74) is 2.24. The van der Waals surface area contributed by atoms with E-state index in [1.807, 2.05) is 54.6 Å². The summed E-state index contributed by atoms with van der Waals surface area (Å²) in [6, 6.07) is 20.2. The molecule has 96 valence electrons. The van der Waals surface area contributed by atoms with Crippen molar-refractivity contribution in [1.29, 1.82) is 5.26 Å². The maximum atomic E-state index is 9.52. The average molecular weight is 270 g/mol. The van der Waals surface area contributed by atoms with Gasteiger partial charge < -0.3 is 0 Å². The van der Waals surface area contributed by atoms with Crippen molar-refractivity contribution >= 4 is 11.6 Å². The van der Waals surface area contributed by atoms with E-state index < -0.39 is 0 Å². The minimum Gasteiger partial charge on any atom is -0.198 e. The Kier molecular flexibility index (Phi) is 4.60. The number of nitrogens with zero attached hydrogens (tertiary/aromatic N) is 1. The Morgan fingerprint density at radius 1 is 1.00 bits per heavy atom. The number of rotatable bonds is 4. The van der Waals surface area contributed by atoms with Gasteiger partial charge in [0.1, 0.15) is 0 Å². The Morgan fingerprint density at radius 3 is 2.16 bits per heavy atom. The molecule has 0 N–H and O–H groups in total. The number of hydrogen-bond donors (Lipinski definition) is 0. The van der Waals surface area contributed by atoms with Gasteiger partial charge in [-0.15, -0.1) is 0 Å². The SMILES string of the molecule is CC[C@H](c1ccc(Cl)cc1)[C@H](C#N)c1ccccc1. The first kappa shape index (κ1) is 13.6. The quantitative estimate of drug-likeness (QED) is 0.754. The normalized spacial score (nSPS) is 13.5. The molecule has 0 spiro atoms. The van der Waals surface area contributed by atoms with Crippen LogP contribution >= 0.6 is 11.6 Å². The van der Waals surface area contributed by atoms with Gasteiger partial charge in [-0.3, -0.25) is 0 Å². The minimum atomic E-state index is -0.118. The number of nitriles is 1. The van der Waals surface area contributed by atoms with Gasteiger partial charge in [0.2, 0.25) is 0 Å². The molecule has 0 unspecified atom stereocenters. The van der Waals surface area contributed by atoms with Gasteiger partial charge >= 0.3 is 0 Å². The summed E-state index contributed by atoms with van der Waals surface area (Å²) < 4.78 is 0. The van der Waals surface area contributed by atoms with E-state index in [-0.39, 0.29) is 11.8 Å². The summed E-state index contributed by atoms with van der Waals surface area (Å²) in [7, 11) is 0. The first-order valence-corrected chi connectivity index (χ1v) is 6.84. The Bertz CT molecular complexity index is 554. The molecule has 0 amide bonds. The fraction of sp³-hybridized carbons (Fsp3) is 0.235. The van der Waals surface area contributed by atoms with E-state index in [2.05, 4.69) is 13.0 Å². The van der Waals surface area contributed by atoms with E-state index in [9.17, 15) is 5.26 Å². The maximum Gasteiger partial charge on any atom is 0.0781 e. The topological polar surface area (TPSA) is 23.8 Å². The zero-order valence-corrected chi connectivity index (χ0v) is 11.6. The molecule has 0 bridgehead atoms. The predicted molar refractivity (Wildman–Crippen MR) is 79.3 cm³/mol. The van der Waals surface area contributed by atoms with E-state index in [0.717, 1.165) is 17.0 Å². The van der Waals surface area contributed by atoms with Crippen LogP contribution in [0.3, 0.4) is 0 Å². The smallest absolute Gasteiger partial charge is 0.0781 e. The van der Waals surface area contributed by atoms with Crippen molar-refractivity contribution in [2.24, 2.45) is 0 Å². The van der Waals surface area contributed by atoms with Crippen LogP contribution in [0.25, 0.3) is 0 Å². The highest BCUT2D eigenvalue weighted by Crippen LogP contribution is 2.35. The molecule has 0 fully saturated rings. The van der Waals surface area contributed by atoms with Gasteiger partial charge in [-0.25, -0.2) is 0 Å². The van der Waals surface area contributed by atoms with Crippen LogP contribution in [0.5, 0.6) is 0 Å². The van der Waals surface area contributed by atoms with E-state index in [1.54, 1.807) is 0 Å². The van der Waals surface area contributed by atoms with Gasteiger partial charge in [0.25, 0.3) is 0 Å². The van der Waals surface area contributed by atoms with Crippen LogP contribution in [0.1, 0.15) is 36.3 Å². The Balaban J connectivity index is 2.35. The summed E-state index contributed by atoms with van der Waals surface area (Å²) in [4.78, 5) is 0. The van der Waals surface area contributed by atoms with Crippen LogP contribution in [0.4, 0.5) is 0 Å². The second-order valence-electron chi connectivity index (χ2n) is 4.58. The highest BCUT2D eigenvalue weighted by molar-refractivity contribution is 6.30. The molecule has 2 aromatic rings. The Labute approximate surface area is 119 Å². The van der Waals surface area contributed by atoms with Crippen LogP contribution in [0.15, 0.2) is 54.6 Å². The fourth-order valence-corrected chi connectivity index (χ4v) is 2.56. The molecule has 0 saturated heterocycles. The highest BCUT2D eigenvalue weighted by Gasteiger charge is 2.22. The van der Waals surface area contributed by atoms with Crippen molar-refractivity contribution in [3.8, 4) is 6.07 Å². The zero-order chi connectivity index (χ0) is 13.7. The number of hydrogen-bond acceptors (Lipinski definition) is 1. The average Bonchev–Trinajstić information content (AvgIpc) is 2.47. The van der Waals surface area contributed by atoms with E-state index in [1.165, 1.54) is 5.56 Å². The summed E-state index contributed by atoms with van der Waals surface area (Å²) >= 11 is 5.92. The summed E-state index contributed by atoms with van der Waals surface area (Å²) in [6.07, 6.45) is 0.925. The first-order chi connectivity index (χ1) is 9.26. The lowest BCUT2D eigenvalue weighted by molar-refractivity contribution is 0.607. The summed E-state index contributed by atoms with van der Waals surface area (Å²) in [6.45, 7) is 2.12. The molecule has 0 aliphatic rings. The molecule has 0 saturated carbocycles. The van der Waals surface area contributed by atoms with E-state index >= 15 is 0 Å². The van der Waals surface area contributed by atoms with Gasteiger partial charge in [-0.1, -0.05) is 61.0 Å². The highest BCUT2D eigenvalue weighted by atomic mass is 35.5. The predicted octanol–water partition coefficient (Wildman–Crippen LogP) is 5.14. The molecule has 2 atom stereocenters. The third kappa shape index (κ3) is 3.16. The standard InChI is InChI=1S/C17H16ClN/c1-2-16(14-8-10-15(18)11-9-14)17(12-19)13-6-4-3-5-7-13/h3-11,16-17H,2H2,1H3/t16-,17-/m1/s1. The van der Waals surface area contributed by atoms with Crippen molar-refractivity contribution in [2.45, 2.75) is 25.2 Å². The van der Waals surface area contributed by atoms with Crippen molar-refractivity contribution in [3.63, 3.8) is 0 Å². The van der Waals surface area contributed by atoms with E-state index in [4.69, 9.17) is 11.6 Å². The fourth-order valence-electron chi connectivity index (χ4n) is 2.43. The number of benzene rings is 2. The molecular formula is C17H16ClN. The van der Waals surface area contributed by atoms with Crippen molar-refractivity contribution < 1.29 is 0 Å². The lowest BCUT2D eigenvalue weighted by atomic mass is 9.81. The molecule has 1 nitrogen and oxygen atoms in total. The van der Waals surface area contributed by atoms with Crippen LogP contribution in [-0.2, 0) is 0 Å². The summed E-state index contributed by atoms with van der Waals surface area (Å²) in [5, 5.41) is 10.2. The van der Waals surface area contributed by atoms with Crippen LogP contribution in [0.2, 0.25) is 5.02 Å². The molecular weight excluding hydrogens is 254 g/mol. The lowest BCUT2D eigenvalue weighted by Crippen LogP contribution is -2.09. The molecule has 0 aromatic heterocycles. The first-order valence-electron chi connectivity index (χ1n) is 6.46. The zero-order valence-electron chi connectivity index (χ0n) is 10.9. The van der Waals surface area contributed by atoms with Gasteiger partial charge in [-0.05, 0) is 29.7 Å². The Hall–Kier alpha value is -1.78. The number of halogens is 1. The van der Waals surface area contributed by atoms with Crippen LogP contribution in [0, 0.1) is 11.3 Å². The molecule has 0 heterocycles. The molecule has 2 rings (SSSR count). The summed E-state index contributed by atoms with van der Waals surface area (Å²) in [5.74, 6) is 0.0806. The van der Waals surface area contributed by atoms with Crippen molar-refractivity contribution in [3.05, 3.63) is 70.7 Å². The van der Waals surface area contributed by atoms with Gasteiger partial charge in [0, 0.05) is 10.9 Å². The minimum absolute atomic E-state index is 0.118. The monoisotopic (exact) mass is 269 g/mol.